The van der Waals surface area contributed by atoms with Crippen molar-refractivity contribution in [2.45, 2.75) is 6.42 Å². The first-order valence-electron chi connectivity index (χ1n) is 4.47. The minimum Gasteiger partial charge on any atom is -0.504 e. The molecular formula is C10H17NO3. The van der Waals surface area contributed by atoms with Gasteiger partial charge < -0.3 is 14.8 Å². The Balaban J connectivity index is 3.23. The summed E-state index contributed by atoms with van der Waals surface area (Å²) in [5.41, 5.74) is 0. The maximum atomic E-state index is 11.0. The quantitative estimate of drug-likeness (QED) is 0.273. The minimum absolute atomic E-state index is 0.157. The molecule has 0 atom stereocenters. The molecule has 0 spiro atoms. The number of nitrogens with one attached hydrogen (secondary N) is 1. The van der Waals surface area contributed by atoms with Crippen molar-refractivity contribution in [1.82, 2.24) is 5.32 Å². The normalized spacial score (nSPS) is 10.1. The Morgan fingerprint density at radius 3 is 3.00 bits per heavy atom. The zero-order valence-electron chi connectivity index (χ0n) is 8.49. The van der Waals surface area contributed by atoms with Crippen molar-refractivity contribution in [3.8, 4) is 0 Å². The zero-order chi connectivity index (χ0) is 10.6. The second-order valence-corrected chi connectivity index (χ2v) is 2.55. The molecule has 0 aromatic rings. The van der Waals surface area contributed by atoms with Crippen molar-refractivity contribution in [3.05, 3.63) is 25.0 Å². The first kappa shape index (κ1) is 12.7. The van der Waals surface area contributed by atoms with Crippen molar-refractivity contribution in [2.24, 2.45) is 0 Å². The fourth-order valence-corrected chi connectivity index (χ4v) is 0.741. The average Bonchev–Trinajstić information content (AvgIpc) is 2.20. The third-order valence-corrected chi connectivity index (χ3v) is 1.36. The van der Waals surface area contributed by atoms with E-state index in [0.29, 0.717) is 19.8 Å². The van der Waals surface area contributed by atoms with Gasteiger partial charge >= 0.3 is 0 Å². The highest BCUT2D eigenvalue weighted by Crippen LogP contribution is 1.82. The van der Waals surface area contributed by atoms with Gasteiger partial charge in [0.05, 0.1) is 20.0 Å². The second-order valence-electron chi connectivity index (χ2n) is 2.55. The van der Waals surface area contributed by atoms with E-state index in [1.165, 1.54) is 19.4 Å². The monoisotopic (exact) mass is 199 g/mol. The maximum absolute atomic E-state index is 11.0. The molecule has 0 radical (unpaired) electrons. The molecule has 0 aromatic heterocycles. The van der Waals surface area contributed by atoms with Crippen LogP contribution >= 0.6 is 0 Å². The zero-order valence-corrected chi connectivity index (χ0v) is 8.49. The highest BCUT2D eigenvalue weighted by Gasteiger charge is 1.93. The van der Waals surface area contributed by atoms with Crippen molar-refractivity contribution in [2.75, 3.05) is 26.9 Å². The van der Waals surface area contributed by atoms with Crippen LogP contribution in [0.15, 0.2) is 25.0 Å². The molecule has 0 aliphatic rings. The lowest BCUT2D eigenvalue weighted by Gasteiger charge is -2.02. The summed E-state index contributed by atoms with van der Waals surface area (Å²) in [6.07, 6.45) is 5.16. The van der Waals surface area contributed by atoms with Gasteiger partial charge in [0.1, 0.15) is 0 Å². The minimum atomic E-state index is -0.157. The van der Waals surface area contributed by atoms with Crippen LogP contribution in [0.5, 0.6) is 0 Å². The summed E-state index contributed by atoms with van der Waals surface area (Å²) in [6.45, 7) is 5.30. The molecule has 1 N–H and O–H groups in total. The number of carbonyl (C=O) groups excluding carboxylic acids is 1. The molecule has 0 bridgehead atoms. The molecule has 0 saturated heterocycles. The Morgan fingerprint density at radius 1 is 1.57 bits per heavy atom. The predicted molar refractivity (Wildman–Crippen MR) is 54.8 cm³/mol. The van der Waals surface area contributed by atoms with Crippen molar-refractivity contribution in [1.29, 1.82) is 0 Å². The molecule has 0 fully saturated rings. The average molecular weight is 199 g/mol. The number of hydrogen-bond acceptors (Lipinski definition) is 3. The van der Waals surface area contributed by atoms with Gasteiger partial charge in [-0.05, 0) is 6.42 Å². The number of hydrogen-bond donors (Lipinski definition) is 1. The largest absolute Gasteiger partial charge is 0.504 e. The molecule has 0 rings (SSSR count). The van der Waals surface area contributed by atoms with E-state index in [-0.39, 0.29) is 5.91 Å². The molecule has 14 heavy (non-hydrogen) atoms. The lowest BCUT2D eigenvalue weighted by Crippen LogP contribution is -2.23. The van der Waals surface area contributed by atoms with E-state index in [9.17, 15) is 4.79 Å². The molecule has 80 valence electrons. The molecule has 0 saturated carbocycles. The second kappa shape index (κ2) is 9.80. The molecule has 0 aliphatic heterocycles. The highest BCUT2D eigenvalue weighted by atomic mass is 16.5. The van der Waals surface area contributed by atoms with E-state index >= 15 is 0 Å². The van der Waals surface area contributed by atoms with Crippen molar-refractivity contribution in [3.63, 3.8) is 0 Å². The maximum Gasteiger partial charge on any atom is 0.247 e. The van der Waals surface area contributed by atoms with Gasteiger partial charge in [0.15, 0.2) is 0 Å². The Bertz CT molecular complexity index is 190. The van der Waals surface area contributed by atoms with Crippen molar-refractivity contribution < 1.29 is 14.3 Å². The highest BCUT2D eigenvalue weighted by molar-refractivity contribution is 5.87. The first-order chi connectivity index (χ1) is 6.81. The summed E-state index contributed by atoms with van der Waals surface area (Å²) in [5.74, 6) is -0.157. The summed E-state index contributed by atoms with van der Waals surface area (Å²) < 4.78 is 9.73. The molecule has 4 nitrogen and oxygen atoms in total. The van der Waals surface area contributed by atoms with E-state index in [0.717, 1.165) is 6.42 Å². The van der Waals surface area contributed by atoms with Crippen LogP contribution in [0.1, 0.15) is 6.42 Å². The fourth-order valence-electron chi connectivity index (χ4n) is 0.741. The summed E-state index contributed by atoms with van der Waals surface area (Å²) in [4.78, 5) is 11.0. The van der Waals surface area contributed by atoms with E-state index in [2.05, 4.69) is 16.6 Å². The fraction of sp³-hybridized carbons (Fsp3) is 0.500. The summed E-state index contributed by atoms with van der Waals surface area (Å²) in [6, 6.07) is 0. The smallest absolute Gasteiger partial charge is 0.247 e. The van der Waals surface area contributed by atoms with Crippen LogP contribution in [0, 0.1) is 0 Å². The predicted octanol–water partition coefficient (Wildman–Crippen LogP) is 0.855. The van der Waals surface area contributed by atoms with Gasteiger partial charge in [-0.1, -0.05) is 6.08 Å². The lowest BCUT2D eigenvalue weighted by atomic mass is 10.4. The summed E-state index contributed by atoms with van der Waals surface area (Å²) >= 11 is 0. The Hall–Kier alpha value is -1.29. The number of ether oxygens (including phenoxy) is 2. The molecule has 0 heterocycles. The third-order valence-electron chi connectivity index (χ3n) is 1.36. The number of rotatable bonds is 8. The van der Waals surface area contributed by atoms with Crippen LogP contribution in [0.3, 0.4) is 0 Å². The van der Waals surface area contributed by atoms with Gasteiger partial charge in [0, 0.05) is 19.2 Å². The standard InChI is InChI=1S/C10H17NO3/c1-3-7-14-8-4-6-11-10(12)5-9-13-2/h3,5,9H,1,4,6-8H2,2H3,(H,11,12)/b9-5+. The van der Waals surface area contributed by atoms with Gasteiger partial charge in [-0.25, -0.2) is 0 Å². The van der Waals surface area contributed by atoms with E-state index < -0.39 is 0 Å². The molecule has 0 aromatic carbocycles. The van der Waals surface area contributed by atoms with Crippen LogP contribution in [0.2, 0.25) is 0 Å². The van der Waals surface area contributed by atoms with Gasteiger partial charge in [-0.2, -0.15) is 0 Å². The molecular weight excluding hydrogens is 182 g/mol. The Kier molecular flexibility index (Phi) is 8.89. The SMILES string of the molecule is C=CCOCCCNC(=O)/C=C/OC. The lowest BCUT2D eigenvalue weighted by molar-refractivity contribution is -0.116. The van der Waals surface area contributed by atoms with E-state index in [1.807, 2.05) is 0 Å². The number of amides is 1. The van der Waals surface area contributed by atoms with Gasteiger partial charge in [0.25, 0.3) is 0 Å². The van der Waals surface area contributed by atoms with E-state index in [4.69, 9.17) is 4.74 Å². The molecule has 4 heteroatoms. The summed E-state index contributed by atoms with van der Waals surface area (Å²) in [5, 5.41) is 2.68. The van der Waals surface area contributed by atoms with Crippen LogP contribution in [-0.4, -0.2) is 32.8 Å². The Morgan fingerprint density at radius 2 is 2.36 bits per heavy atom. The van der Waals surface area contributed by atoms with Crippen LogP contribution in [0.4, 0.5) is 0 Å². The number of methoxy groups -OCH3 is 1. The van der Waals surface area contributed by atoms with Gasteiger partial charge in [-0.3, -0.25) is 4.79 Å². The molecule has 0 aliphatic carbocycles. The van der Waals surface area contributed by atoms with Crippen LogP contribution < -0.4 is 5.32 Å². The number of carbonyl (C=O) groups is 1. The summed E-state index contributed by atoms with van der Waals surface area (Å²) in [7, 11) is 1.49. The van der Waals surface area contributed by atoms with Gasteiger partial charge in [-0.15, -0.1) is 6.58 Å². The Labute approximate surface area is 84.6 Å². The van der Waals surface area contributed by atoms with Crippen LogP contribution in [0.25, 0.3) is 0 Å². The van der Waals surface area contributed by atoms with Gasteiger partial charge in [0.2, 0.25) is 5.91 Å². The van der Waals surface area contributed by atoms with E-state index in [1.54, 1.807) is 6.08 Å². The first-order valence-corrected chi connectivity index (χ1v) is 4.47. The third kappa shape index (κ3) is 8.80. The van der Waals surface area contributed by atoms with Crippen molar-refractivity contribution >= 4 is 5.91 Å². The topological polar surface area (TPSA) is 47.6 Å². The molecule has 0 unspecified atom stereocenters. The molecule has 1 amide bonds. The van der Waals surface area contributed by atoms with Crippen LogP contribution in [-0.2, 0) is 14.3 Å².